The zero-order valence-corrected chi connectivity index (χ0v) is 11.9. The highest BCUT2D eigenvalue weighted by Crippen LogP contribution is 2.16. The summed E-state index contributed by atoms with van der Waals surface area (Å²) in [6.07, 6.45) is 4.95. The third-order valence-electron chi connectivity index (χ3n) is 3.23. The number of amides is 1. The van der Waals surface area contributed by atoms with Crippen molar-refractivity contribution in [3.63, 3.8) is 0 Å². The van der Waals surface area contributed by atoms with Crippen LogP contribution in [0.5, 0.6) is 0 Å². The number of nitrogens with one attached hydrogen (secondary N) is 2. The Balaban J connectivity index is 1.76. The van der Waals surface area contributed by atoms with Gasteiger partial charge in [0.25, 0.3) is 5.91 Å². The minimum absolute atomic E-state index is 0.0243. The number of fused-ring (bicyclic) bond motifs is 1. The number of aromatic amines is 1. The Kier molecular flexibility index (Phi) is 5.62. The second kappa shape index (κ2) is 7.70. The fourth-order valence-electron chi connectivity index (χ4n) is 2.10. The molecule has 4 nitrogen and oxygen atoms in total. The maximum Gasteiger partial charge on any atom is 0.251 e. The van der Waals surface area contributed by atoms with E-state index in [2.05, 4.69) is 17.2 Å². The zero-order chi connectivity index (χ0) is 14.2. The van der Waals surface area contributed by atoms with E-state index in [9.17, 15) is 4.79 Å². The summed E-state index contributed by atoms with van der Waals surface area (Å²) in [5, 5.41) is 3.90. The average Bonchev–Trinajstić information content (AvgIpc) is 2.94. The monoisotopic (exact) mass is 274 g/mol. The molecular formula is C16H22N2O2. The highest BCUT2D eigenvalue weighted by molar-refractivity contribution is 6.06. The van der Waals surface area contributed by atoms with Gasteiger partial charge in [-0.25, -0.2) is 0 Å². The fourth-order valence-corrected chi connectivity index (χ4v) is 2.10. The van der Waals surface area contributed by atoms with Gasteiger partial charge in [0.15, 0.2) is 0 Å². The van der Waals surface area contributed by atoms with E-state index in [-0.39, 0.29) is 5.91 Å². The summed E-state index contributed by atoms with van der Waals surface area (Å²) < 4.78 is 5.46. The lowest BCUT2D eigenvalue weighted by Crippen LogP contribution is -2.25. The summed E-state index contributed by atoms with van der Waals surface area (Å²) in [5.41, 5.74) is 1.70. The number of H-pyrrole nitrogens is 1. The lowest BCUT2D eigenvalue weighted by molar-refractivity contribution is 0.0942. The highest BCUT2D eigenvalue weighted by Gasteiger charge is 2.09. The molecule has 0 saturated heterocycles. The standard InChI is InChI=1S/C16H22N2O2/c1-2-3-11-20-12-5-9-18-16(19)14-6-4-7-15-13(14)8-10-17-15/h4,6-8,10,17H,2-3,5,9,11-12H2,1H3,(H,18,19). The van der Waals surface area contributed by atoms with Crippen LogP contribution in [0.3, 0.4) is 0 Å². The SMILES string of the molecule is CCCCOCCCNC(=O)c1cccc2[nH]ccc12. The van der Waals surface area contributed by atoms with Gasteiger partial charge in [-0.1, -0.05) is 19.4 Å². The Bertz CT molecular complexity index is 548. The van der Waals surface area contributed by atoms with Crippen LogP contribution < -0.4 is 5.32 Å². The summed E-state index contributed by atoms with van der Waals surface area (Å²) in [6.45, 7) is 4.30. The third-order valence-corrected chi connectivity index (χ3v) is 3.23. The molecule has 108 valence electrons. The first-order valence-corrected chi connectivity index (χ1v) is 7.25. The molecule has 0 fully saturated rings. The average molecular weight is 274 g/mol. The second-order valence-electron chi connectivity index (χ2n) is 4.82. The molecule has 0 saturated carbocycles. The molecule has 0 spiro atoms. The fraction of sp³-hybridized carbons (Fsp3) is 0.438. The molecule has 0 unspecified atom stereocenters. The smallest absolute Gasteiger partial charge is 0.251 e. The summed E-state index contributed by atoms with van der Waals surface area (Å²) in [7, 11) is 0. The summed E-state index contributed by atoms with van der Waals surface area (Å²) in [6, 6.07) is 7.64. The van der Waals surface area contributed by atoms with Crippen molar-refractivity contribution >= 4 is 16.8 Å². The van der Waals surface area contributed by atoms with Gasteiger partial charge in [-0.05, 0) is 31.0 Å². The van der Waals surface area contributed by atoms with Gasteiger partial charge in [-0.3, -0.25) is 4.79 Å². The molecule has 1 amide bonds. The van der Waals surface area contributed by atoms with Gasteiger partial charge < -0.3 is 15.0 Å². The van der Waals surface area contributed by atoms with Crippen molar-refractivity contribution in [1.82, 2.24) is 10.3 Å². The van der Waals surface area contributed by atoms with Gasteiger partial charge in [-0.15, -0.1) is 0 Å². The Morgan fingerprint density at radius 3 is 2.95 bits per heavy atom. The maximum atomic E-state index is 12.1. The van der Waals surface area contributed by atoms with E-state index in [1.54, 1.807) is 0 Å². The van der Waals surface area contributed by atoms with Crippen molar-refractivity contribution in [3.05, 3.63) is 36.0 Å². The minimum Gasteiger partial charge on any atom is -0.381 e. The highest BCUT2D eigenvalue weighted by atomic mass is 16.5. The first kappa shape index (κ1) is 14.6. The van der Waals surface area contributed by atoms with Gasteiger partial charge in [0.2, 0.25) is 0 Å². The van der Waals surface area contributed by atoms with Crippen LogP contribution in [0.25, 0.3) is 10.9 Å². The van der Waals surface area contributed by atoms with E-state index in [1.165, 1.54) is 0 Å². The Morgan fingerprint density at radius 1 is 1.25 bits per heavy atom. The number of hydrogen-bond acceptors (Lipinski definition) is 2. The van der Waals surface area contributed by atoms with Crippen LogP contribution in [0.4, 0.5) is 0 Å². The Hall–Kier alpha value is -1.81. The van der Waals surface area contributed by atoms with Crippen molar-refractivity contribution in [2.45, 2.75) is 26.2 Å². The number of rotatable bonds is 8. The van der Waals surface area contributed by atoms with Gasteiger partial charge in [-0.2, -0.15) is 0 Å². The van der Waals surface area contributed by atoms with E-state index in [0.29, 0.717) is 13.2 Å². The normalized spacial score (nSPS) is 10.8. The number of unbranched alkanes of at least 4 members (excludes halogenated alkanes) is 1. The van der Waals surface area contributed by atoms with Gasteiger partial charge in [0, 0.05) is 42.4 Å². The van der Waals surface area contributed by atoms with Crippen molar-refractivity contribution in [1.29, 1.82) is 0 Å². The second-order valence-corrected chi connectivity index (χ2v) is 4.82. The zero-order valence-electron chi connectivity index (χ0n) is 11.9. The predicted octanol–water partition coefficient (Wildman–Crippen LogP) is 3.10. The molecule has 2 N–H and O–H groups in total. The molecule has 0 aliphatic rings. The molecule has 2 aromatic rings. The Labute approximate surface area is 119 Å². The predicted molar refractivity (Wildman–Crippen MR) is 81.0 cm³/mol. The summed E-state index contributed by atoms with van der Waals surface area (Å²) in [5.74, 6) is -0.0243. The number of hydrogen-bond donors (Lipinski definition) is 2. The van der Waals surface area contributed by atoms with Crippen LogP contribution in [0, 0.1) is 0 Å². The van der Waals surface area contributed by atoms with Crippen LogP contribution in [0.1, 0.15) is 36.5 Å². The van der Waals surface area contributed by atoms with Crippen LogP contribution >= 0.6 is 0 Å². The molecule has 20 heavy (non-hydrogen) atoms. The van der Waals surface area contributed by atoms with Crippen molar-refractivity contribution in [2.24, 2.45) is 0 Å². The van der Waals surface area contributed by atoms with Crippen LogP contribution in [-0.2, 0) is 4.74 Å². The van der Waals surface area contributed by atoms with E-state index in [0.717, 1.165) is 42.3 Å². The molecule has 0 radical (unpaired) electrons. The van der Waals surface area contributed by atoms with E-state index >= 15 is 0 Å². The molecule has 0 aliphatic heterocycles. The van der Waals surface area contributed by atoms with Gasteiger partial charge in [0.05, 0.1) is 0 Å². The molecule has 1 aromatic heterocycles. The third kappa shape index (κ3) is 3.84. The summed E-state index contributed by atoms with van der Waals surface area (Å²) in [4.78, 5) is 15.2. The topological polar surface area (TPSA) is 54.1 Å². The maximum absolute atomic E-state index is 12.1. The molecule has 0 atom stereocenters. The van der Waals surface area contributed by atoms with Gasteiger partial charge in [0.1, 0.15) is 0 Å². The van der Waals surface area contributed by atoms with Crippen LogP contribution in [-0.4, -0.2) is 30.6 Å². The van der Waals surface area contributed by atoms with E-state index < -0.39 is 0 Å². The van der Waals surface area contributed by atoms with Crippen molar-refractivity contribution < 1.29 is 9.53 Å². The summed E-state index contributed by atoms with van der Waals surface area (Å²) >= 11 is 0. The lowest BCUT2D eigenvalue weighted by atomic mass is 10.1. The quantitative estimate of drug-likeness (QED) is 0.727. The molecule has 1 aromatic carbocycles. The van der Waals surface area contributed by atoms with Crippen molar-refractivity contribution in [3.8, 4) is 0 Å². The van der Waals surface area contributed by atoms with E-state index in [1.807, 2.05) is 30.5 Å². The van der Waals surface area contributed by atoms with Crippen LogP contribution in [0.15, 0.2) is 30.5 Å². The van der Waals surface area contributed by atoms with Crippen molar-refractivity contribution in [2.75, 3.05) is 19.8 Å². The minimum atomic E-state index is -0.0243. The number of carbonyl (C=O) groups is 1. The molecule has 2 rings (SSSR count). The molecular weight excluding hydrogens is 252 g/mol. The number of aromatic nitrogens is 1. The lowest BCUT2D eigenvalue weighted by Gasteiger charge is -2.07. The Morgan fingerprint density at radius 2 is 2.10 bits per heavy atom. The molecule has 0 bridgehead atoms. The molecule has 1 heterocycles. The number of ether oxygens (including phenoxy) is 1. The van der Waals surface area contributed by atoms with Crippen LogP contribution in [0.2, 0.25) is 0 Å². The first-order valence-electron chi connectivity index (χ1n) is 7.25. The largest absolute Gasteiger partial charge is 0.381 e. The van der Waals surface area contributed by atoms with E-state index in [4.69, 9.17) is 4.74 Å². The molecule has 4 heteroatoms. The number of carbonyl (C=O) groups excluding carboxylic acids is 1. The molecule has 0 aliphatic carbocycles. The first-order chi connectivity index (χ1) is 9.83. The number of benzene rings is 1. The van der Waals surface area contributed by atoms with Gasteiger partial charge >= 0.3 is 0 Å².